The first-order chi connectivity index (χ1) is 13.8. The van der Waals surface area contributed by atoms with Crippen LogP contribution in [0.15, 0.2) is 42.0 Å². The van der Waals surface area contributed by atoms with Crippen LogP contribution in [-0.4, -0.2) is 29.6 Å². The van der Waals surface area contributed by atoms with Gasteiger partial charge in [0.05, 0.1) is 0 Å². The van der Waals surface area contributed by atoms with Crippen molar-refractivity contribution in [1.29, 1.82) is 0 Å². The Morgan fingerprint density at radius 2 is 1.75 bits per heavy atom. The fourth-order valence-corrected chi connectivity index (χ4v) is 4.08. The molecule has 5 heteroatoms. The number of nitrogens with one attached hydrogen (secondary N) is 2. The molecule has 1 fully saturated rings. The molecule has 148 valence electrons. The summed E-state index contributed by atoms with van der Waals surface area (Å²) in [5.74, 6) is 2.50. The van der Waals surface area contributed by atoms with E-state index < -0.39 is 0 Å². The average Bonchev–Trinajstić information content (AvgIpc) is 3.24. The molecule has 0 amide bonds. The molecule has 1 aromatic carbocycles. The van der Waals surface area contributed by atoms with Crippen LogP contribution in [0.25, 0.3) is 0 Å². The summed E-state index contributed by atoms with van der Waals surface area (Å²) in [7, 11) is 0. The van der Waals surface area contributed by atoms with Gasteiger partial charge in [0.15, 0.2) is 0 Å². The topological polar surface area (TPSA) is 53.1 Å². The maximum atomic E-state index is 4.54. The van der Waals surface area contributed by atoms with E-state index in [0.717, 1.165) is 36.1 Å². The number of anilines is 4. The summed E-state index contributed by atoms with van der Waals surface area (Å²) in [6.07, 6.45) is 11.3. The van der Waals surface area contributed by atoms with Gasteiger partial charge in [0.1, 0.15) is 17.5 Å². The normalized spacial score (nSPS) is 16.8. The smallest absolute Gasteiger partial charge is 0.136 e. The zero-order chi connectivity index (χ0) is 19.2. The molecule has 4 rings (SSSR count). The van der Waals surface area contributed by atoms with Crippen molar-refractivity contribution < 1.29 is 0 Å². The molecule has 2 aliphatic rings. The van der Waals surface area contributed by atoms with Gasteiger partial charge in [-0.05, 0) is 76.1 Å². The lowest BCUT2D eigenvalue weighted by molar-refractivity contribution is 0.679. The van der Waals surface area contributed by atoms with Crippen molar-refractivity contribution in [3.05, 3.63) is 47.8 Å². The van der Waals surface area contributed by atoms with E-state index in [4.69, 9.17) is 0 Å². The maximum absolute atomic E-state index is 4.54. The van der Waals surface area contributed by atoms with Crippen LogP contribution in [-0.2, 0) is 0 Å². The van der Waals surface area contributed by atoms with Crippen LogP contribution in [0.4, 0.5) is 23.0 Å². The Balaban J connectivity index is 1.35. The van der Waals surface area contributed by atoms with Gasteiger partial charge in [-0.3, -0.25) is 0 Å². The molecular weight excluding hydrogens is 346 g/mol. The van der Waals surface area contributed by atoms with Crippen LogP contribution in [0.1, 0.15) is 50.8 Å². The predicted molar refractivity (Wildman–Crippen MR) is 118 cm³/mol. The van der Waals surface area contributed by atoms with Crippen molar-refractivity contribution in [1.82, 2.24) is 9.97 Å². The van der Waals surface area contributed by atoms with Gasteiger partial charge in [-0.15, -0.1) is 0 Å². The second-order valence-electron chi connectivity index (χ2n) is 7.84. The monoisotopic (exact) mass is 377 g/mol. The van der Waals surface area contributed by atoms with Gasteiger partial charge in [0.25, 0.3) is 0 Å². The van der Waals surface area contributed by atoms with Gasteiger partial charge in [-0.1, -0.05) is 11.6 Å². The molecule has 1 aliphatic carbocycles. The summed E-state index contributed by atoms with van der Waals surface area (Å²) in [5, 5.41) is 6.89. The molecule has 2 aromatic rings. The van der Waals surface area contributed by atoms with Crippen molar-refractivity contribution in [2.45, 2.75) is 51.9 Å². The number of benzene rings is 1. The fourth-order valence-electron chi connectivity index (χ4n) is 4.08. The third-order valence-corrected chi connectivity index (χ3v) is 5.59. The third kappa shape index (κ3) is 5.03. The molecule has 2 heterocycles. The molecule has 0 saturated carbocycles. The Labute approximate surface area is 168 Å². The first-order valence-corrected chi connectivity index (χ1v) is 10.7. The quantitative estimate of drug-likeness (QED) is 0.630. The summed E-state index contributed by atoms with van der Waals surface area (Å²) >= 11 is 0. The summed E-state index contributed by atoms with van der Waals surface area (Å²) in [5.41, 5.74) is 3.95. The van der Waals surface area contributed by atoms with E-state index in [1.807, 2.05) is 13.0 Å². The molecular formula is C23H31N5. The lowest BCUT2D eigenvalue weighted by Gasteiger charge is -2.18. The molecule has 0 unspecified atom stereocenters. The second-order valence-corrected chi connectivity index (χ2v) is 7.84. The van der Waals surface area contributed by atoms with Gasteiger partial charge in [-0.2, -0.15) is 0 Å². The predicted octanol–water partition coefficient (Wildman–Crippen LogP) is 5.43. The van der Waals surface area contributed by atoms with Crippen LogP contribution < -0.4 is 15.5 Å². The Hall–Kier alpha value is -2.56. The summed E-state index contributed by atoms with van der Waals surface area (Å²) in [4.78, 5) is 11.5. The molecule has 1 saturated heterocycles. The standard InChI is InChI=1S/C23H31N5/c1-18-25-22(24-14-13-19-7-3-2-4-8-19)17-23(26-18)27-20-9-11-21(12-10-20)28-15-5-6-16-28/h7,9-12,17H,2-6,8,13-16H2,1H3,(H2,24,25,26,27). The van der Waals surface area contributed by atoms with Crippen LogP contribution in [0.3, 0.4) is 0 Å². The highest BCUT2D eigenvalue weighted by molar-refractivity contribution is 5.62. The number of nitrogens with zero attached hydrogens (tertiary/aromatic N) is 3. The second kappa shape index (κ2) is 9.09. The van der Waals surface area contributed by atoms with E-state index >= 15 is 0 Å². The highest BCUT2D eigenvalue weighted by Gasteiger charge is 2.12. The fraction of sp³-hybridized carbons (Fsp3) is 0.478. The number of hydrogen-bond acceptors (Lipinski definition) is 5. The molecule has 0 radical (unpaired) electrons. The highest BCUT2D eigenvalue weighted by atomic mass is 15.1. The number of rotatable bonds is 7. The minimum atomic E-state index is 0.776. The number of hydrogen-bond donors (Lipinski definition) is 2. The third-order valence-electron chi connectivity index (χ3n) is 5.59. The summed E-state index contributed by atoms with van der Waals surface area (Å²) in [6.45, 7) is 5.20. The first kappa shape index (κ1) is 18.8. The number of aryl methyl sites for hydroxylation is 1. The zero-order valence-corrected chi connectivity index (χ0v) is 16.9. The van der Waals surface area contributed by atoms with Crippen LogP contribution in [0.2, 0.25) is 0 Å². The molecule has 1 aromatic heterocycles. The van der Waals surface area contributed by atoms with Gasteiger partial charge in [0.2, 0.25) is 0 Å². The van der Waals surface area contributed by atoms with Crippen LogP contribution in [0.5, 0.6) is 0 Å². The summed E-state index contributed by atoms with van der Waals surface area (Å²) in [6, 6.07) is 10.6. The van der Waals surface area contributed by atoms with Crippen molar-refractivity contribution in [3.63, 3.8) is 0 Å². The van der Waals surface area contributed by atoms with Crippen LogP contribution >= 0.6 is 0 Å². The molecule has 28 heavy (non-hydrogen) atoms. The lowest BCUT2D eigenvalue weighted by Crippen LogP contribution is -2.17. The van der Waals surface area contributed by atoms with E-state index in [2.05, 4.69) is 55.8 Å². The van der Waals surface area contributed by atoms with Crippen molar-refractivity contribution in [2.24, 2.45) is 0 Å². The molecule has 5 nitrogen and oxygen atoms in total. The minimum Gasteiger partial charge on any atom is -0.372 e. The van der Waals surface area contributed by atoms with Crippen LogP contribution in [0, 0.1) is 6.92 Å². The molecule has 0 bridgehead atoms. The number of aromatic nitrogens is 2. The lowest BCUT2D eigenvalue weighted by atomic mass is 9.97. The number of allylic oxidation sites excluding steroid dienone is 1. The van der Waals surface area contributed by atoms with Crippen molar-refractivity contribution >= 4 is 23.0 Å². The highest BCUT2D eigenvalue weighted by Crippen LogP contribution is 2.24. The van der Waals surface area contributed by atoms with E-state index in [9.17, 15) is 0 Å². The van der Waals surface area contributed by atoms with Gasteiger partial charge in [0, 0.05) is 37.1 Å². The summed E-state index contributed by atoms with van der Waals surface area (Å²) < 4.78 is 0. The first-order valence-electron chi connectivity index (χ1n) is 10.7. The molecule has 2 N–H and O–H groups in total. The van der Waals surface area contributed by atoms with Crippen molar-refractivity contribution in [2.75, 3.05) is 35.2 Å². The largest absolute Gasteiger partial charge is 0.372 e. The minimum absolute atomic E-state index is 0.776. The molecule has 0 spiro atoms. The van der Waals surface area contributed by atoms with E-state index in [-0.39, 0.29) is 0 Å². The Bertz CT molecular complexity index is 806. The van der Waals surface area contributed by atoms with E-state index in [1.54, 1.807) is 5.57 Å². The van der Waals surface area contributed by atoms with Gasteiger partial charge in [-0.25, -0.2) is 9.97 Å². The Morgan fingerprint density at radius 3 is 2.50 bits per heavy atom. The molecule has 0 atom stereocenters. The Morgan fingerprint density at radius 1 is 0.964 bits per heavy atom. The molecule has 1 aliphatic heterocycles. The zero-order valence-electron chi connectivity index (χ0n) is 16.9. The SMILES string of the molecule is Cc1nc(NCCC2=CCCCC2)cc(Nc2ccc(N3CCCC3)cc2)n1. The van der Waals surface area contributed by atoms with E-state index in [0.29, 0.717) is 0 Å². The van der Waals surface area contributed by atoms with Gasteiger partial charge >= 0.3 is 0 Å². The van der Waals surface area contributed by atoms with Gasteiger partial charge < -0.3 is 15.5 Å². The van der Waals surface area contributed by atoms with E-state index in [1.165, 1.54) is 57.3 Å². The maximum Gasteiger partial charge on any atom is 0.136 e. The Kier molecular flexibility index (Phi) is 6.10. The average molecular weight is 378 g/mol. The van der Waals surface area contributed by atoms with Crippen molar-refractivity contribution in [3.8, 4) is 0 Å².